The van der Waals surface area contributed by atoms with Crippen molar-refractivity contribution in [3.8, 4) is 0 Å². The van der Waals surface area contributed by atoms with Crippen LogP contribution in [-0.2, 0) is 13.5 Å². The van der Waals surface area contributed by atoms with Gasteiger partial charge in [0, 0.05) is 0 Å². The fourth-order valence-corrected chi connectivity index (χ4v) is 0. The standard InChI is InChI=1S/C3H6.C2H3.2ClH.Ru/c1-3-2;1-2;;;/h1-2H3;1H,2H2;2*1H;/q;-1;;;+2/p-2. The second-order valence-corrected chi connectivity index (χ2v) is 7.65. The van der Waals surface area contributed by atoms with Gasteiger partial charge in [-0.2, -0.15) is 0 Å². The van der Waals surface area contributed by atoms with Gasteiger partial charge in [0.25, 0.3) is 0 Å². The Morgan fingerprint density at radius 3 is 1.50 bits per heavy atom. The molecule has 0 aromatic carbocycles. The van der Waals surface area contributed by atoms with Crippen molar-refractivity contribution >= 4 is 23.5 Å². The predicted octanol–water partition coefficient (Wildman–Crippen LogP) is 2.73. The molecule has 0 aromatic rings. The molecule has 8 heavy (non-hydrogen) atoms. The van der Waals surface area contributed by atoms with Crippen molar-refractivity contribution in [1.29, 1.82) is 0 Å². The smallest absolute Gasteiger partial charge is 0.288 e. The first kappa shape index (κ1) is 11.6. The molecule has 0 aliphatic rings. The SMILES string of the molecule is C[C](C)=[Ru]([Cl])[Cl].[CH-]=C. The van der Waals surface area contributed by atoms with Crippen molar-refractivity contribution in [3.05, 3.63) is 13.2 Å². The van der Waals surface area contributed by atoms with Gasteiger partial charge in [-0.15, -0.1) is 0 Å². The average Bonchev–Trinajstić information content (AvgIpc) is 1.72. The van der Waals surface area contributed by atoms with Crippen LogP contribution in [0.4, 0.5) is 0 Å². The van der Waals surface area contributed by atoms with Crippen molar-refractivity contribution in [3.63, 3.8) is 0 Å². The summed E-state index contributed by atoms with van der Waals surface area (Å²) in [5.41, 5.74) is 0. The molecular weight excluding hydrogens is 232 g/mol. The molecule has 0 radical (unpaired) electrons. The summed E-state index contributed by atoms with van der Waals surface area (Å²) in [6.45, 7) is 10.9. The summed E-state index contributed by atoms with van der Waals surface area (Å²) >= 11 is -1.42. The van der Waals surface area contributed by atoms with Crippen LogP contribution in [0, 0.1) is 6.58 Å². The quantitative estimate of drug-likeness (QED) is 0.452. The average molecular weight is 241 g/mol. The molecule has 0 heterocycles. The maximum atomic E-state index is 5.48. The summed E-state index contributed by atoms with van der Waals surface area (Å²) in [5, 5.41) is 0. The van der Waals surface area contributed by atoms with E-state index in [1.807, 2.05) is 13.8 Å². The molecule has 0 fully saturated rings. The van der Waals surface area contributed by atoms with Crippen LogP contribution in [0.2, 0.25) is 0 Å². The van der Waals surface area contributed by atoms with Crippen LogP contribution >= 0.6 is 19.4 Å². The molecule has 0 aliphatic heterocycles. The minimum absolute atomic E-state index is 1.18. The van der Waals surface area contributed by atoms with E-state index >= 15 is 0 Å². The maximum Gasteiger partial charge on any atom is -0.288 e. The minimum Gasteiger partial charge on any atom is -0.521 e. The van der Waals surface area contributed by atoms with Gasteiger partial charge < -0.3 is 6.58 Å². The Balaban J connectivity index is 0. The number of halogens is 2. The van der Waals surface area contributed by atoms with Crippen LogP contribution < -0.4 is 0 Å². The van der Waals surface area contributed by atoms with Gasteiger partial charge in [0.2, 0.25) is 0 Å². The zero-order chi connectivity index (χ0) is 7.15. The van der Waals surface area contributed by atoms with E-state index in [0.717, 1.165) is 0 Å². The van der Waals surface area contributed by atoms with Gasteiger partial charge in [-0.05, 0) is 0 Å². The van der Waals surface area contributed by atoms with E-state index in [-0.39, 0.29) is 0 Å². The topological polar surface area (TPSA) is 0 Å². The third-order valence-electron chi connectivity index (χ3n) is 0.267. The van der Waals surface area contributed by atoms with E-state index in [1.54, 1.807) is 0 Å². The summed E-state index contributed by atoms with van der Waals surface area (Å²) in [4.78, 5) is 0. The van der Waals surface area contributed by atoms with Gasteiger partial charge in [0.1, 0.15) is 0 Å². The fraction of sp³-hybridized carbons (Fsp3) is 0.400. The second kappa shape index (κ2) is 7.81. The normalized spacial score (nSPS) is 8.75. The van der Waals surface area contributed by atoms with Crippen molar-refractivity contribution in [1.82, 2.24) is 0 Å². The molecule has 0 rings (SSSR count). The first-order chi connectivity index (χ1) is 3.64. The van der Waals surface area contributed by atoms with Crippen LogP contribution in [0.5, 0.6) is 0 Å². The van der Waals surface area contributed by atoms with E-state index in [0.29, 0.717) is 0 Å². The van der Waals surface area contributed by atoms with Gasteiger partial charge in [-0.3, -0.25) is 6.58 Å². The molecule has 0 aromatic heterocycles. The molecule has 3 heteroatoms. The third kappa shape index (κ3) is 9.94. The zero-order valence-corrected chi connectivity index (χ0v) is 8.14. The fourth-order valence-electron chi connectivity index (χ4n) is 0. The van der Waals surface area contributed by atoms with E-state index in [2.05, 4.69) is 13.2 Å². The largest absolute Gasteiger partial charge is 0.521 e. The first-order valence-corrected chi connectivity index (χ1v) is 7.20. The van der Waals surface area contributed by atoms with Crippen molar-refractivity contribution in [2.24, 2.45) is 0 Å². The van der Waals surface area contributed by atoms with Crippen molar-refractivity contribution < 1.29 is 13.5 Å². The molecule has 0 bridgehead atoms. The minimum atomic E-state index is -1.42. The van der Waals surface area contributed by atoms with E-state index in [4.69, 9.17) is 19.4 Å². The van der Waals surface area contributed by atoms with Crippen LogP contribution in [-0.4, -0.2) is 4.11 Å². The number of hydrogen-bond donors (Lipinski definition) is 0. The van der Waals surface area contributed by atoms with Crippen LogP contribution in [0.25, 0.3) is 0 Å². The number of hydrogen-bond acceptors (Lipinski definition) is 0. The molecule has 0 atom stereocenters. The van der Waals surface area contributed by atoms with Gasteiger partial charge in [0.15, 0.2) is 0 Å². The molecule has 0 saturated carbocycles. The van der Waals surface area contributed by atoms with E-state index in [1.165, 1.54) is 4.11 Å². The van der Waals surface area contributed by atoms with Gasteiger partial charge in [-0.25, -0.2) is 0 Å². The van der Waals surface area contributed by atoms with Crippen LogP contribution in [0.3, 0.4) is 0 Å². The van der Waals surface area contributed by atoms with E-state index < -0.39 is 13.5 Å². The summed E-state index contributed by atoms with van der Waals surface area (Å²) in [7, 11) is 11.0. The summed E-state index contributed by atoms with van der Waals surface area (Å²) < 4.78 is 1.18. The van der Waals surface area contributed by atoms with Gasteiger partial charge in [-0.1, -0.05) is 0 Å². The summed E-state index contributed by atoms with van der Waals surface area (Å²) in [5.74, 6) is 0. The molecule has 0 spiro atoms. The van der Waals surface area contributed by atoms with Gasteiger partial charge in [0.05, 0.1) is 0 Å². The van der Waals surface area contributed by atoms with Crippen molar-refractivity contribution in [2.75, 3.05) is 0 Å². The molecule has 0 unspecified atom stereocenters. The predicted molar refractivity (Wildman–Crippen MR) is 38.0 cm³/mol. The maximum absolute atomic E-state index is 5.48. The summed E-state index contributed by atoms with van der Waals surface area (Å²) in [6, 6.07) is 0. The Labute approximate surface area is 64.0 Å². The molecule has 0 nitrogen and oxygen atoms in total. The molecular formula is C5H9Cl2Ru-. The second-order valence-electron chi connectivity index (χ2n) is 1.04. The molecule has 52 valence electrons. The van der Waals surface area contributed by atoms with Gasteiger partial charge >= 0.3 is 50.9 Å². The molecule has 0 saturated heterocycles. The third-order valence-corrected chi connectivity index (χ3v) is 4.74. The summed E-state index contributed by atoms with van der Waals surface area (Å²) in [6.07, 6.45) is 0. The van der Waals surface area contributed by atoms with Crippen LogP contribution in [0.1, 0.15) is 13.8 Å². The monoisotopic (exact) mass is 241 g/mol. The Kier molecular flexibility index (Phi) is 11.3. The Hall–Kier alpha value is 0.813. The van der Waals surface area contributed by atoms with Crippen molar-refractivity contribution in [2.45, 2.75) is 13.8 Å². The van der Waals surface area contributed by atoms with Crippen LogP contribution in [0.15, 0.2) is 6.58 Å². The molecule has 0 amide bonds. The Bertz CT molecular complexity index is 70.4. The molecule has 0 N–H and O–H groups in total. The Morgan fingerprint density at radius 2 is 1.50 bits per heavy atom. The Morgan fingerprint density at radius 1 is 1.38 bits per heavy atom. The zero-order valence-electron chi connectivity index (χ0n) is 4.89. The molecule has 0 aliphatic carbocycles. The first-order valence-electron chi connectivity index (χ1n) is 1.85. The van der Waals surface area contributed by atoms with E-state index in [9.17, 15) is 0 Å². The number of rotatable bonds is 0.